The van der Waals surface area contributed by atoms with E-state index in [1.54, 1.807) is 25.1 Å². The molecule has 0 bridgehead atoms. The number of hydrogen-bond donors (Lipinski definition) is 2. The fourth-order valence-corrected chi connectivity index (χ4v) is 4.23. The standard InChI is InChI=1S/C26H29N3O5/c1-18-13-14-21(34-18)24(26(32)28-20-10-5-6-11-20)29(17-19-8-3-2-4-9-19)23(30)16-27-25(31)22-12-7-15-33-22/h2-4,7-9,12-15,20,24H,5-6,10-11,16-17H2,1H3,(H,27,31)(H,28,32). The van der Waals surface area contributed by atoms with E-state index in [1.165, 1.54) is 17.2 Å². The second-order valence-corrected chi connectivity index (χ2v) is 8.51. The second kappa shape index (κ2) is 10.9. The molecule has 1 atom stereocenters. The molecule has 3 amide bonds. The van der Waals surface area contributed by atoms with Gasteiger partial charge in [0.1, 0.15) is 11.5 Å². The lowest BCUT2D eigenvalue weighted by Crippen LogP contribution is -2.48. The highest BCUT2D eigenvalue weighted by Gasteiger charge is 2.35. The van der Waals surface area contributed by atoms with Gasteiger partial charge in [-0.1, -0.05) is 43.2 Å². The Kier molecular flexibility index (Phi) is 7.47. The molecule has 0 aliphatic heterocycles. The molecule has 8 nitrogen and oxygen atoms in total. The number of nitrogens with zero attached hydrogens (tertiary/aromatic N) is 1. The lowest BCUT2D eigenvalue weighted by atomic mass is 10.1. The van der Waals surface area contributed by atoms with E-state index in [1.807, 2.05) is 30.3 Å². The lowest BCUT2D eigenvalue weighted by molar-refractivity contribution is -0.141. The van der Waals surface area contributed by atoms with Gasteiger partial charge < -0.3 is 24.4 Å². The van der Waals surface area contributed by atoms with E-state index in [-0.39, 0.29) is 30.8 Å². The topological polar surface area (TPSA) is 105 Å². The van der Waals surface area contributed by atoms with Gasteiger partial charge in [-0.15, -0.1) is 0 Å². The molecule has 1 saturated carbocycles. The number of carbonyl (C=O) groups excluding carboxylic acids is 3. The summed E-state index contributed by atoms with van der Waals surface area (Å²) in [7, 11) is 0. The molecule has 1 unspecified atom stereocenters. The molecule has 8 heteroatoms. The van der Waals surface area contributed by atoms with Crippen LogP contribution in [0.25, 0.3) is 0 Å². The Labute approximate surface area is 198 Å². The van der Waals surface area contributed by atoms with Crippen LogP contribution in [-0.2, 0) is 16.1 Å². The Morgan fingerprint density at radius 2 is 1.79 bits per heavy atom. The summed E-state index contributed by atoms with van der Waals surface area (Å²) in [6, 6.07) is 15.1. The van der Waals surface area contributed by atoms with Crippen LogP contribution in [0.2, 0.25) is 0 Å². The molecule has 4 rings (SSSR count). The number of amides is 3. The first-order valence-corrected chi connectivity index (χ1v) is 11.5. The Hall–Kier alpha value is -3.81. The highest BCUT2D eigenvalue weighted by atomic mass is 16.3. The summed E-state index contributed by atoms with van der Waals surface area (Å²) in [6.45, 7) is 1.68. The highest BCUT2D eigenvalue weighted by Crippen LogP contribution is 2.27. The van der Waals surface area contributed by atoms with Crippen LogP contribution in [-0.4, -0.2) is 35.2 Å². The van der Waals surface area contributed by atoms with Gasteiger partial charge in [0.15, 0.2) is 11.8 Å². The number of carbonyl (C=O) groups is 3. The van der Waals surface area contributed by atoms with E-state index in [9.17, 15) is 14.4 Å². The van der Waals surface area contributed by atoms with E-state index in [2.05, 4.69) is 10.6 Å². The van der Waals surface area contributed by atoms with Gasteiger partial charge in [0, 0.05) is 12.6 Å². The van der Waals surface area contributed by atoms with Gasteiger partial charge in [-0.2, -0.15) is 0 Å². The molecular weight excluding hydrogens is 434 g/mol. The lowest BCUT2D eigenvalue weighted by Gasteiger charge is -2.31. The Morgan fingerprint density at radius 1 is 1.03 bits per heavy atom. The summed E-state index contributed by atoms with van der Waals surface area (Å²) >= 11 is 0. The van der Waals surface area contributed by atoms with E-state index < -0.39 is 17.9 Å². The van der Waals surface area contributed by atoms with Crippen LogP contribution in [0.5, 0.6) is 0 Å². The van der Waals surface area contributed by atoms with Crippen molar-refractivity contribution in [3.63, 3.8) is 0 Å². The predicted octanol–water partition coefficient (Wildman–Crippen LogP) is 3.74. The summed E-state index contributed by atoms with van der Waals surface area (Å²) < 4.78 is 10.9. The van der Waals surface area contributed by atoms with Gasteiger partial charge in [0.25, 0.3) is 11.8 Å². The summed E-state index contributed by atoms with van der Waals surface area (Å²) in [5, 5.41) is 5.69. The molecule has 34 heavy (non-hydrogen) atoms. The molecule has 1 fully saturated rings. The zero-order valence-corrected chi connectivity index (χ0v) is 19.2. The summed E-state index contributed by atoms with van der Waals surface area (Å²) in [5.41, 5.74) is 0.857. The summed E-state index contributed by atoms with van der Waals surface area (Å²) in [4.78, 5) is 40.7. The number of aryl methyl sites for hydroxylation is 1. The molecule has 2 heterocycles. The number of hydrogen-bond acceptors (Lipinski definition) is 5. The molecule has 178 valence electrons. The van der Waals surface area contributed by atoms with Gasteiger partial charge >= 0.3 is 0 Å². The van der Waals surface area contributed by atoms with Gasteiger partial charge in [-0.3, -0.25) is 14.4 Å². The molecule has 1 aliphatic rings. The van der Waals surface area contributed by atoms with Crippen molar-refractivity contribution in [2.24, 2.45) is 0 Å². The molecular formula is C26H29N3O5. The first-order valence-electron chi connectivity index (χ1n) is 11.5. The molecule has 3 aromatic rings. The van der Waals surface area contributed by atoms with Gasteiger partial charge in [0.05, 0.1) is 12.8 Å². The van der Waals surface area contributed by atoms with E-state index >= 15 is 0 Å². The minimum Gasteiger partial charge on any atom is -0.464 e. The second-order valence-electron chi connectivity index (χ2n) is 8.51. The van der Waals surface area contributed by atoms with Crippen molar-refractivity contribution >= 4 is 17.7 Å². The Bertz CT molecular complexity index is 1100. The number of nitrogens with one attached hydrogen (secondary N) is 2. The van der Waals surface area contributed by atoms with Gasteiger partial charge in [-0.05, 0) is 49.6 Å². The predicted molar refractivity (Wildman–Crippen MR) is 125 cm³/mol. The van der Waals surface area contributed by atoms with Crippen LogP contribution in [0.3, 0.4) is 0 Å². The van der Waals surface area contributed by atoms with Crippen molar-refractivity contribution in [3.8, 4) is 0 Å². The monoisotopic (exact) mass is 463 g/mol. The SMILES string of the molecule is Cc1ccc(C(C(=O)NC2CCCC2)N(Cc2ccccc2)C(=O)CNC(=O)c2ccco2)o1. The number of furan rings is 2. The van der Waals surface area contributed by atoms with Crippen molar-refractivity contribution in [1.29, 1.82) is 0 Å². The van der Waals surface area contributed by atoms with Crippen molar-refractivity contribution in [1.82, 2.24) is 15.5 Å². The molecule has 1 aliphatic carbocycles. The molecule has 0 spiro atoms. The molecule has 0 saturated heterocycles. The Balaban J connectivity index is 1.60. The van der Waals surface area contributed by atoms with Crippen LogP contribution in [0, 0.1) is 6.92 Å². The normalized spacial score (nSPS) is 14.5. The number of rotatable bonds is 9. The fourth-order valence-electron chi connectivity index (χ4n) is 4.23. The first-order chi connectivity index (χ1) is 16.5. The third-order valence-electron chi connectivity index (χ3n) is 5.95. The van der Waals surface area contributed by atoms with Crippen LogP contribution in [0.4, 0.5) is 0 Å². The third-order valence-corrected chi connectivity index (χ3v) is 5.95. The third kappa shape index (κ3) is 5.75. The van der Waals surface area contributed by atoms with Gasteiger partial charge in [0.2, 0.25) is 5.91 Å². The van der Waals surface area contributed by atoms with Crippen LogP contribution in [0.1, 0.15) is 59.4 Å². The minimum absolute atomic E-state index is 0.0818. The average molecular weight is 464 g/mol. The zero-order chi connectivity index (χ0) is 23.9. The van der Waals surface area contributed by atoms with Crippen molar-refractivity contribution in [3.05, 3.63) is 83.7 Å². The minimum atomic E-state index is -0.970. The Morgan fingerprint density at radius 3 is 2.44 bits per heavy atom. The largest absolute Gasteiger partial charge is 0.464 e. The molecule has 1 aromatic carbocycles. The fraction of sp³-hybridized carbons (Fsp3) is 0.346. The smallest absolute Gasteiger partial charge is 0.287 e. The maximum absolute atomic E-state index is 13.5. The van der Waals surface area contributed by atoms with E-state index in [0.29, 0.717) is 11.5 Å². The highest BCUT2D eigenvalue weighted by molar-refractivity contribution is 5.95. The van der Waals surface area contributed by atoms with E-state index in [0.717, 1.165) is 31.2 Å². The summed E-state index contributed by atoms with van der Waals surface area (Å²) in [6.07, 6.45) is 5.37. The van der Waals surface area contributed by atoms with Crippen molar-refractivity contribution < 1.29 is 23.2 Å². The molecule has 2 aromatic heterocycles. The number of benzene rings is 1. The van der Waals surface area contributed by atoms with Crippen molar-refractivity contribution in [2.45, 2.75) is 51.2 Å². The first kappa shape index (κ1) is 23.4. The van der Waals surface area contributed by atoms with Crippen molar-refractivity contribution in [2.75, 3.05) is 6.54 Å². The van der Waals surface area contributed by atoms with Crippen LogP contribution in [0.15, 0.2) is 69.7 Å². The summed E-state index contributed by atoms with van der Waals surface area (Å²) in [5.74, 6) is -0.0628. The van der Waals surface area contributed by atoms with Crippen LogP contribution >= 0.6 is 0 Å². The van der Waals surface area contributed by atoms with E-state index in [4.69, 9.17) is 8.83 Å². The maximum atomic E-state index is 13.5. The van der Waals surface area contributed by atoms with Gasteiger partial charge in [-0.25, -0.2) is 0 Å². The average Bonchev–Trinajstić information content (AvgIpc) is 3.61. The zero-order valence-electron chi connectivity index (χ0n) is 19.2. The van der Waals surface area contributed by atoms with Crippen LogP contribution < -0.4 is 10.6 Å². The maximum Gasteiger partial charge on any atom is 0.287 e. The molecule has 2 N–H and O–H groups in total. The quantitative estimate of drug-likeness (QED) is 0.503. The molecule has 0 radical (unpaired) electrons.